The van der Waals surface area contributed by atoms with E-state index in [0.29, 0.717) is 6.42 Å². The Labute approximate surface area is 152 Å². The minimum Gasteiger partial charge on any atom is -0.396 e. The van der Waals surface area contributed by atoms with Gasteiger partial charge in [0.05, 0.1) is 11.4 Å². The molecule has 1 aromatic carbocycles. The summed E-state index contributed by atoms with van der Waals surface area (Å²) in [4.78, 5) is 4.54. The Balaban J connectivity index is 0.00000182. The summed E-state index contributed by atoms with van der Waals surface area (Å²) in [5.41, 5.74) is 4.22. The molecule has 7 heteroatoms. The second-order valence-corrected chi connectivity index (χ2v) is 6.00. The zero-order chi connectivity index (χ0) is 16.4. The quantitative estimate of drug-likeness (QED) is 0.749. The molecule has 1 aliphatic rings. The number of aliphatic hydroxyl groups excluding tert-OH is 1. The fourth-order valence-corrected chi connectivity index (χ4v) is 3.24. The van der Waals surface area contributed by atoms with Gasteiger partial charge in [-0.2, -0.15) is 5.10 Å². The predicted octanol–water partition coefficient (Wildman–Crippen LogP) is 2.19. The minimum atomic E-state index is 0. The smallest absolute Gasteiger partial charge is 0.165 e. The molecule has 0 fully saturated rings. The third-order valence-corrected chi connectivity index (χ3v) is 4.40. The van der Waals surface area contributed by atoms with Crippen LogP contribution in [0.4, 0.5) is 0 Å². The predicted molar refractivity (Wildman–Crippen MR) is 99.1 cm³/mol. The van der Waals surface area contributed by atoms with Gasteiger partial charge in [-0.15, -0.1) is 12.4 Å². The van der Waals surface area contributed by atoms with E-state index in [9.17, 15) is 5.11 Å². The summed E-state index contributed by atoms with van der Waals surface area (Å²) >= 11 is 0. The van der Waals surface area contributed by atoms with Gasteiger partial charge in [0, 0.05) is 32.1 Å². The maximum absolute atomic E-state index is 9.32. The SMILES string of the molecule is Cl.OCCc1ccccc1-n1ccnc1-c1cc2n(n1)CCCNC2. The van der Waals surface area contributed by atoms with Gasteiger partial charge in [0.1, 0.15) is 5.69 Å². The lowest BCUT2D eigenvalue weighted by atomic mass is 10.1. The molecule has 0 atom stereocenters. The van der Waals surface area contributed by atoms with Crippen molar-refractivity contribution in [1.82, 2.24) is 24.6 Å². The summed E-state index contributed by atoms with van der Waals surface area (Å²) in [7, 11) is 0. The fraction of sp³-hybridized carbons (Fsp3) is 0.333. The number of nitrogens with zero attached hydrogens (tertiary/aromatic N) is 4. The number of aryl methyl sites for hydroxylation is 1. The first kappa shape index (κ1) is 17.7. The van der Waals surface area contributed by atoms with Crippen LogP contribution in [0.3, 0.4) is 0 Å². The number of hydrogen-bond donors (Lipinski definition) is 2. The number of benzene rings is 1. The Bertz CT molecular complexity index is 818. The van der Waals surface area contributed by atoms with Gasteiger partial charge < -0.3 is 10.4 Å². The molecule has 132 valence electrons. The van der Waals surface area contributed by atoms with Crippen LogP contribution in [0.25, 0.3) is 17.2 Å². The molecule has 2 N–H and O–H groups in total. The monoisotopic (exact) mass is 359 g/mol. The maximum Gasteiger partial charge on any atom is 0.165 e. The Morgan fingerprint density at radius 2 is 2.12 bits per heavy atom. The lowest BCUT2D eigenvalue weighted by Gasteiger charge is -2.11. The van der Waals surface area contributed by atoms with Crippen LogP contribution >= 0.6 is 12.4 Å². The summed E-state index contributed by atoms with van der Waals surface area (Å²) in [5, 5.41) is 17.5. The van der Waals surface area contributed by atoms with Crippen molar-refractivity contribution < 1.29 is 5.11 Å². The maximum atomic E-state index is 9.32. The molecule has 0 radical (unpaired) electrons. The molecule has 4 rings (SSSR count). The lowest BCUT2D eigenvalue weighted by Crippen LogP contribution is -2.11. The molecule has 0 bridgehead atoms. The Hall–Kier alpha value is -2.15. The number of halogens is 1. The largest absolute Gasteiger partial charge is 0.396 e. The van der Waals surface area contributed by atoms with Crippen molar-refractivity contribution in [2.24, 2.45) is 0 Å². The van der Waals surface area contributed by atoms with E-state index in [0.717, 1.165) is 48.8 Å². The van der Waals surface area contributed by atoms with Crippen LogP contribution in [0.1, 0.15) is 17.7 Å². The molecule has 0 unspecified atom stereocenters. The number of fused-ring (bicyclic) bond motifs is 1. The van der Waals surface area contributed by atoms with Gasteiger partial charge >= 0.3 is 0 Å². The molecule has 0 spiro atoms. The zero-order valence-corrected chi connectivity index (χ0v) is 14.7. The van der Waals surface area contributed by atoms with E-state index in [1.807, 2.05) is 24.4 Å². The van der Waals surface area contributed by atoms with Gasteiger partial charge in [0.25, 0.3) is 0 Å². The minimum absolute atomic E-state index is 0. The number of nitrogens with one attached hydrogen (secondary N) is 1. The van der Waals surface area contributed by atoms with Crippen LogP contribution in [0.5, 0.6) is 0 Å². The molecule has 1 aliphatic heterocycles. The number of hydrogen-bond acceptors (Lipinski definition) is 4. The summed E-state index contributed by atoms with van der Waals surface area (Å²) in [6.07, 6.45) is 5.46. The van der Waals surface area contributed by atoms with E-state index in [1.54, 1.807) is 6.20 Å². The summed E-state index contributed by atoms with van der Waals surface area (Å²) in [5.74, 6) is 0.834. The number of rotatable bonds is 4. The number of para-hydroxylation sites is 1. The standard InChI is InChI=1S/C18H21N5O.ClH/c24-11-6-14-4-1-2-5-17(14)22-10-8-20-18(22)16-12-15-13-19-7-3-9-23(15)21-16;/h1-2,4-5,8,10,12,19,24H,3,6-7,9,11,13H2;1H. The molecule has 0 aliphatic carbocycles. The zero-order valence-electron chi connectivity index (χ0n) is 13.9. The van der Waals surface area contributed by atoms with Gasteiger partial charge in [-0.25, -0.2) is 4.98 Å². The van der Waals surface area contributed by atoms with E-state index >= 15 is 0 Å². The first-order valence-electron chi connectivity index (χ1n) is 8.37. The van der Waals surface area contributed by atoms with Gasteiger partial charge in [0.15, 0.2) is 5.82 Å². The van der Waals surface area contributed by atoms with Gasteiger partial charge in [-0.05, 0) is 37.1 Å². The highest BCUT2D eigenvalue weighted by atomic mass is 35.5. The summed E-state index contributed by atoms with van der Waals surface area (Å²) in [6, 6.07) is 10.2. The second kappa shape index (κ2) is 7.82. The van der Waals surface area contributed by atoms with E-state index in [-0.39, 0.29) is 19.0 Å². The third-order valence-electron chi connectivity index (χ3n) is 4.40. The van der Waals surface area contributed by atoms with Gasteiger partial charge in [-0.1, -0.05) is 18.2 Å². The fourth-order valence-electron chi connectivity index (χ4n) is 3.24. The number of aromatic nitrogens is 4. The van der Waals surface area contributed by atoms with Crippen LogP contribution in [0, 0.1) is 0 Å². The van der Waals surface area contributed by atoms with Crippen LogP contribution in [0.2, 0.25) is 0 Å². The molecule has 3 heterocycles. The van der Waals surface area contributed by atoms with E-state index in [2.05, 4.69) is 31.7 Å². The van der Waals surface area contributed by atoms with E-state index in [4.69, 9.17) is 5.10 Å². The Morgan fingerprint density at radius 3 is 3.00 bits per heavy atom. The molecule has 2 aromatic heterocycles. The topological polar surface area (TPSA) is 67.9 Å². The number of aliphatic hydroxyl groups is 1. The molecule has 0 saturated carbocycles. The molecule has 25 heavy (non-hydrogen) atoms. The van der Waals surface area contributed by atoms with Crippen molar-refractivity contribution in [3.8, 4) is 17.2 Å². The molecular formula is C18H22ClN5O. The van der Waals surface area contributed by atoms with Crippen molar-refractivity contribution >= 4 is 12.4 Å². The van der Waals surface area contributed by atoms with Crippen molar-refractivity contribution in [2.45, 2.75) is 25.9 Å². The molecular weight excluding hydrogens is 338 g/mol. The number of imidazole rings is 1. The van der Waals surface area contributed by atoms with Crippen molar-refractivity contribution in [3.63, 3.8) is 0 Å². The molecule has 3 aromatic rings. The highest BCUT2D eigenvalue weighted by molar-refractivity contribution is 5.85. The van der Waals surface area contributed by atoms with Crippen LogP contribution in [0.15, 0.2) is 42.7 Å². The Kier molecular flexibility index (Phi) is 5.53. The van der Waals surface area contributed by atoms with Crippen LogP contribution in [-0.2, 0) is 19.5 Å². The summed E-state index contributed by atoms with van der Waals surface area (Å²) < 4.78 is 4.13. The second-order valence-electron chi connectivity index (χ2n) is 6.00. The van der Waals surface area contributed by atoms with Crippen LogP contribution in [-0.4, -0.2) is 37.6 Å². The van der Waals surface area contributed by atoms with Crippen LogP contribution < -0.4 is 5.32 Å². The first-order chi connectivity index (χ1) is 11.9. The highest BCUT2D eigenvalue weighted by Gasteiger charge is 2.17. The normalized spacial score (nSPS) is 13.8. The van der Waals surface area contributed by atoms with Gasteiger partial charge in [0.2, 0.25) is 0 Å². The molecule has 0 amide bonds. The van der Waals surface area contributed by atoms with Crippen molar-refractivity contribution in [2.75, 3.05) is 13.2 Å². The van der Waals surface area contributed by atoms with Crippen molar-refractivity contribution in [3.05, 3.63) is 54.0 Å². The molecule has 0 saturated heterocycles. The average Bonchev–Trinajstić information content (AvgIpc) is 3.18. The van der Waals surface area contributed by atoms with E-state index in [1.165, 1.54) is 5.69 Å². The average molecular weight is 360 g/mol. The Morgan fingerprint density at radius 1 is 1.24 bits per heavy atom. The third kappa shape index (κ3) is 3.46. The first-order valence-corrected chi connectivity index (χ1v) is 8.37. The summed E-state index contributed by atoms with van der Waals surface area (Å²) in [6.45, 7) is 2.94. The molecule has 6 nitrogen and oxygen atoms in total. The lowest BCUT2D eigenvalue weighted by molar-refractivity contribution is 0.299. The highest BCUT2D eigenvalue weighted by Crippen LogP contribution is 2.24. The van der Waals surface area contributed by atoms with Gasteiger partial charge in [-0.3, -0.25) is 9.25 Å². The van der Waals surface area contributed by atoms with Crippen molar-refractivity contribution in [1.29, 1.82) is 0 Å². The van der Waals surface area contributed by atoms with E-state index < -0.39 is 0 Å².